The number of ether oxygens (including phenoxy) is 1. The Kier molecular flexibility index (Phi) is 3.17. The fourth-order valence-corrected chi connectivity index (χ4v) is 0.994. The standard InChI is InChI=1S/C9H6F3NO2/c10-9(11,12)15-8-4-2-1-3-6(8)7(14)5-13/h1-4,7,14H. The van der Waals surface area contributed by atoms with Gasteiger partial charge in [-0.2, -0.15) is 5.26 Å². The van der Waals surface area contributed by atoms with Crippen LogP contribution in [0.4, 0.5) is 13.2 Å². The normalized spacial score (nSPS) is 13.0. The lowest BCUT2D eigenvalue weighted by molar-refractivity contribution is -0.275. The van der Waals surface area contributed by atoms with Gasteiger partial charge in [0.15, 0.2) is 6.10 Å². The van der Waals surface area contributed by atoms with Gasteiger partial charge in [0.2, 0.25) is 0 Å². The minimum absolute atomic E-state index is 0.211. The van der Waals surface area contributed by atoms with Gasteiger partial charge < -0.3 is 9.84 Å². The highest BCUT2D eigenvalue weighted by atomic mass is 19.4. The summed E-state index contributed by atoms with van der Waals surface area (Å²) >= 11 is 0. The molecule has 0 radical (unpaired) electrons. The monoisotopic (exact) mass is 217 g/mol. The van der Waals surface area contributed by atoms with Crippen molar-refractivity contribution >= 4 is 0 Å². The summed E-state index contributed by atoms with van der Waals surface area (Å²) in [6, 6.07) is 6.35. The highest BCUT2D eigenvalue weighted by Gasteiger charge is 2.32. The zero-order valence-corrected chi connectivity index (χ0v) is 7.32. The SMILES string of the molecule is N#CC(O)c1ccccc1OC(F)(F)F. The number of aliphatic hydroxyl groups is 1. The second-order valence-corrected chi connectivity index (χ2v) is 2.62. The van der Waals surface area contributed by atoms with Crippen LogP contribution in [0.15, 0.2) is 24.3 Å². The highest BCUT2D eigenvalue weighted by Crippen LogP contribution is 2.29. The van der Waals surface area contributed by atoms with Crippen LogP contribution in [-0.4, -0.2) is 11.5 Å². The van der Waals surface area contributed by atoms with E-state index in [-0.39, 0.29) is 5.56 Å². The van der Waals surface area contributed by atoms with Crippen LogP contribution in [0.1, 0.15) is 11.7 Å². The van der Waals surface area contributed by atoms with E-state index < -0.39 is 18.2 Å². The van der Waals surface area contributed by atoms with Gasteiger partial charge in [-0.05, 0) is 6.07 Å². The van der Waals surface area contributed by atoms with Crippen LogP contribution >= 0.6 is 0 Å². The summed E-state index contributed by atoms with van der Waals surface area (Å²) in [4.78, 5) is 0. The van der Waals surface area contributed by atoms with Crippen molar-refractivity contribution in [3.8, 4) is 11.8 Å². The number of rotatable bonds is 2. The molecule has 0 bridgehead atoms. The third-order valence-corrected chi connectivity index (χ3v) is 1.56. The summed E-state index contributed by atoms with van der Waals surface area (Å²) in [6.45, 7) is 0. The molecule has 0 heterocycles. The van der Waals surface area contributed by atoms with Crippen molar-refractivity contribution in [2.45, 2.75) is 12.5 Å². The molecule has 0 aromatic heterocycles. The van der Waals surface area contributed by atoms with Crippen molar-refractivity contribution in [2.75, 3.05) is 0 Å². The molecule has 0 aliphatic carbocycles. The lowest BCUT2D eigenvalue weighted by Crippen LogP contribution is -2.18. The number of hydrogen-bond donors (Lipinski definition) is 1. The van der Waals surface area contributed by atoms with E-state index >= 15 is 0 Å². The summed E-state index contributed by atoms with van der Waals surface area (Å²) in [6.07, 6.45) is -6.48. The Bertz CT molecular complexity index is 384. The Labute approximate surface area is 83.3 Å². The molecule has 1 aromatic rings. The second kappa shape index (κ2) is 4.19. The molecular formula is C9H6F3NO2. The molecular weight excluding hydrogens is 211 g/mol. The van der Waals surface area contributed by atoms with Crippen LogP contribution in [0.5, 0.6) is 5.75 Å². The van der Waals surface area contributed by atoms with E-state index in [1.54, 1.807) is 0 Å². The molecule has 0 spiro atoms. The van der Waals surface area contributed by atoms with Crippen molar-refractivity contribution in [2.24, 2.45) is 0 Å². The van der Waals surface area contributed by atoms with Crippen LogP contribution in [0.3, 0.4) is 0 Å². The van der Waals surface area contributed by atoms with Crippen LogP contribution in [-0.2, 0) is 0 Å². The Hall–Kier alpha value is -1.74. The highest BCUT2D eigenvalue weighted by molar-refractivity contribution is 5.37. The Morgan fingerprint density at radius 2 is 1.93 bits per heavy atom. The molecule has 6 heteroatoms. The van der Waals surface area contributed by atoms with Gasteiger partial charge in [-0.25, -0.2) is 0 Å². The van der Waals surface area contributed by atoms with Gasteiger partial charge in [-0.15, -0.1) is 13.2 Å². The topological polar surface area (TPSA) is 53.2 Å². The van der Waals surface area contributed by atoms with Crippen molar-refractivity contribution in [3.05, 3.63) is 29.8 Å². The molecule has 0 aliphatic heterocycles. The van der Waals surface area contributed by atoms with Crippen LogP contribution in [0.25, 0.3) is 0 Å². The van der Waals surface area contributed by atoms with E-state index in [1.165, 1.54) is 24.3 Å². The molecule has 1 aromatic carbocycles. The molecule has 1 N–H and O–H groups in total. The van der Waals surface area contributed by atoms with Gasteiger partial charge >= 0.3 is 6.36 Å². The van der Waals surface area contributed by atoms with Gasteiger partial charge in [0, 0.05) is 5.56 Å². The lowest BCUT2D eigenvalue weighted by atomic mass is 10.1. The predicted molar refractivity (Wildman–Crippen MR) is 43.7 cm³/mol. The summed E-state index contributed by atoms with van der Waals surface area (Å²) in [5.41, 5.74) is -0.211. The zero-order valence-electron chi connectivity index (χ0n) is 7.32. The first-order valence-electron chi connectivity index (χ1n) is 3.86. The smallest absolute Gasteiger partial charge is 0.405 e. The van der Waals surface area contributed by atoms with Crippen molar-refractivity contribution in [1.82, 2.24) is 0 Å². The van der Waals surface area contributed by atoms with E-state index in [1.807, 2.05) is 0 Å². The number of benzene rings is 1. The molecule has 0 saturated heterocycles. The second-order valence-electron chi connectivity index (χ2n) is 2.62. The molecule has 0 amide bonds. The molecule has 15 heavy (non-hydrogen) atoms. The van der Waals surface area contributed by atoms with E-state index in [0.717, 1.165) is 6.07 Å². The third-order valence-electron chi connectivity index (χ3n) is 1.56. The summed E-state index contributed by atoms with van der Waals surface area (Å²) in [7, 11) is 0. The van der Waals surface area contributed by atoms with Crippen LogP contribution in [0.2, 0.25) is 0 Å². The van der Waals surface area contributed by atoms with Crippen molar-refractivity contribution < 1.29 is 23.0 Å². The first-order valence-corrected chi connectivity index (χ1v) is 3.86. The van der Waals surface area contributed by atoms with E-state index in [2.05, 4.69) is 4.74 Å². The van der Waals surface area contributed by atoms with Gasteiger partial charge in [0.05, 0.1) is 6.07 Å². The van der Waals surface area contributed by atoms with Crippen molar-refractivity contribution in [1.29, 1.82) is 5.26 Å². The number of aliphatic hydroxyl groups excluding tert-OH is 1. The Morgan fingerprint density at radius 1 is 1.33 bits per heavy atom. The Morgan fingerprint density at radius 3 is 2.47 bits per heavy atom. The van der Waals surface area contributed by atoms with Crippen molar-refractivity contribution in [3.63, 3.8) is 0 Å². The van der Waals surface area contributed by atoms with Gasteiger partial charge in [0.25, 0.3) is 0 Å². The first kappa shape index (κ1) is 11.3. The third kappa shape index (κ3) is 3.14. The maximum Gasteiger partial charge on any atom is 0.573 e. The predicted octanol–water partition coefficient (Wildman–Crippen LogP) is 2.14. The average molecular weight is 217 g/mol. The number of alkyl halides is 3. The van der Waals surface area contributed by atoms with Crippen LogP contribution in [0, 0.1) is 11.3 Å². The molecule has 0 saturated carbocycles. The first-order chi connectivity index (χ1) is 6.94. The minimum Gasteiger partial charge on any atom is -0.405 e. The van der Waals surface area contributed by atoms with Crippen LogP contribution < -0.4 is 4.74 Å². The number of halogens is 3. The Balaban J connectivity index is 3.03. The quantitative estimate of drug-likeness (QED) is 0.772. The number of para-hydroxylation sites is 1. The number of nitrogens with zero attached hydrogens (tertiary/aromatic N) is 1. The molecule has 3 nitrogen and oxygen atoms in total. The van der Waals surface area contributed by atoms with E-state index in [0.29, 0.717) is 0 Å². The van der Waals surface area contributed by atoms with E-state index in [4.69, 9.17) is 10.4 Å². The average Bonchev–Trinajstić information content (AvgIpc) is 2.15. The summed E-state index contributed by atoms with van der Waals surface area (Å²) in [5.74, 6) is -0.570. The fourth-order valence-electron chi connectivity index (χ4n) is 0.994. The minimum atomic E-state index is -4.84. The fraction of sp³-hybridized carbons (Fsp3) is 0.222. The molecule has 1 rings (SSSR count). The largest absolute Gasteiger partial charge is 0.573 e. The molecule has 80 valence electrons. The summed E-state index contributed by atoms with van der Waals surface area (Å²) in [5, 5.41) is 17.5. The van der Waals surface area contributed by atoms with Gasteiger partial charge in [0.1, 0.15) is 5.75 Å². The van der Waals surface area contributed by atoms with E-state index in [9.17, 15) is 13.2 Å². The van der Waals surface area contributed by atoms with Gasteiger partial charge in [-0.3, -0.25) is 0 Å². The maximum absolute atomic E-state index is 11.9. The number of hydrogen-bond acceptors (Lipinski definition) is 3. The molecule has 1 atom stereocenters. The summed E-state index contributed by atoms with van der Waals surface area (Å²) < 4.78 is 39.4. The zero-order chi connectivity index (χ0) is 11.5. The molecule has 1 unspecified atom stereocenters. The molecule has 0 fully saturated rings. The lowest BCUT2D eigenvalue weighted by Gasteiger charge is -2.13. The number of nitriles is 1. The van der Waals surface area contributed by atoms with Gasteiger partial charge in [-0.1, -0.05) is 18.2 Å². The molecule has 0 aliphatic rings. The maximum atomic E-state index is 11.9.